The average molecular weight is 482 g/mol. The zero-order valence-corrected chi connectivity index (χ0v) is 19.6. The number of pyridine rings is 1. The van der Waals surface area contributed by atoms with Crippen molar-refractivity contribution in [2.45, 2.75) is 0 Å². The number of amides is 1. The number of carbonyl (C=O) groups excluding carboxylic acids is 2. The minimum absolute atomic E-state index is 0.270. The Hall–Kier alpha value is -4.73. The van der Waals surface area contributed by atoms with E-state index in [0.717, 1.165) is 22.2 Å². The summed E-state index contributed by atoms with van der Waals surface area (Å²) in [5.74, 6) is 0.831. The van der Waals surface area contributed by atoms with E-state index in [1.807, 2.05) is 24.3 Å². The highest BCUT2D eigenvalue weighted by Gasteiger charge is 2.30. The Kier molecular flexibility index (Phi) is 5.33. The van der Waals surface area contributed by atoms with Crippen LogP contribution < -0.4 is 9.64 Å². The van der Waals surface area contributed by atoms with Crippen molar-refractivity contribution in [3.63, 3.8) is 0 Å². The minimum Gasteiger partial charge on any atom is -0.496 e. The molecule has 6 rings (SSSR count). The van der Waals surface area contributed by atoms with Gasteiger partial charge in [-0.25, -0.2) is 9.97 Å². The molecule has 0 radical (unpaired) electrons. The van der Waals surface area contributed by atoms with Gasteiger partial charge in [0.2, 0.25) is 0 Å². The van der Waals surface area contributed by atoms with Crippen molar-refractivity contribution in [3.05, 3.63) is 66.7 Å². The largest absolute Gasteiger partial charge is 0.496 e. The number of Topliss-reactive ketones (excluding diaryl/α,β-unsaturated/α-hetero) is 1. The van der Waals surface area contributed by atoms with Crippen molar-refractivity contribution >= 4 is 39.2 Å². The summed E-state index contributed by atoms with van der Waals surface area (Å²) in [6.07, 6.45) is 4.77. The molecule has 10 heteroatoms. The molecule has 1 fully saturated rings. The summed E-state index contributed by atoms with van der Waals surface area (Å²) < 4.78 is 5.52. The van der Waals surface area contributed by atoms with E-state index in [2.05, 4.69) is 42.2 Å². The molecule has 0 saturated carbocycles. The number of ether oxygens (including phenoxy) is 1. The van der Waals surface area contributed by atoms with Crippen LogP contribution in [-0.2, 0) is 4.79 Å². The molecule has 0 bridgehead atoms. The van der Waals surface area contributed by atoms with Crippen LogP contribution in [0.1, 0.15) is 10.4 Å². The summed E-state index contributed by atoms with van der Waals surface area (Å²) in [7, 11) is 1.53. The lowest BCUT2D eigenvalue weighted by atomic mass is 10.0. The predicted octanol–water partition coefficient (Wildman–Crippen LogP) is 3.04. The smallest absolute Gasteiger partial charge is 0.295 e. The number of methoxy groups -OCH3 is 1. The number of H-pyrrole nitrogens is 2. The number of fused-ring (bicyclic) bond motifs is 2. The molecule has 5 aromatic rings. The topological polar surface area (TPSA) is 120 Å². The van der Waals surface area contributed by atoms with Crippen molar-refractivity contribution in [1.82, 2.24) is 30.0 Å². The highest BCUT2D eigenvalue weighted by atomic mass is 16.5. The van der Waals surface area contributed by atoms with Gasteiger partial charge in [-0.1, -0.05) is 24.3 Å². The number of aromatic amines is 2. The fourth-order valence-corrected chi connectivity index (χ4v) is 4.83. The second-order valence-corrected chi connectivity index (χ2v) is 8.57. The van der Waals surface area contributed by atoms with Gasteiger partial charge in [-0.2, -0.15) is 5.10 Å². The third-order valence-corrected chi connectivity index (χ3v) is 6.65. The molecule has 1 aliphatic heterocycles. The third kappa shape index (κ3) is 3.54. The van der Waals surface area contributed by atoms with Crippen LogP contribution in [0.15, 0.2) is 61.2 Å². The number of rotatable bonds is 5. The van der Waals surface area contributed by atoms with Crippen LogP contribution in [0.2, 0.25) is 0 Å². The van der Waals surface area contributed by atoms with Crippen LogP contribution in [0.3, 0.4) is 0 Å². The van der Waals surface area contributed by atoms with E-state index in [4.69, 9.17) is 4.74 Å². The molecule has 10 nitrogen and oxygen atoms in total. The minimum atomic E-state index is -0.578. The molecule has 2 aromatic carbocycles. The normalized spacial score (nSPS) is 13.9. The summed E-state index contributed by atoms with van der Waals surface area (Å²) >= 11 is 0. The van der Waals surface area contributed by atoms with E-state index < -0.39 is 11.7 Å². The van der Waals surface area contributed by atoms with Crippen LogP contribution in [0.4, 0.5) is 5.82 Å². The van der Waals surface area contributed by atoms with E-state index in [1.165, 1.54) is 13.4 Å². The molecule has 4 heterocycles. The van der Waals surface area contributed by atoms with Gasteiger partial charge in [0.1, 0.15) is 17.9 Å². The molecule has 1 saturated heterocycles. The lowest BCUT2D eigenvalue weighted by Gasteiger charge is -2.35. The monoisotopic (exact) mass is 481 g/mol. The summed E-state index contributed by atoms with van der Waals surface area (Å²) in [6.45, 7) is 2.04. The zero-order valence-electron chi connectivity index (χ0n) is 19.6. The van der Waals surface area contributed by atoms with Crippen molar-refractivity contribution in [2.75, 3.05) is 38.2 Å². The maximum absolute atomic E-state index is 13.4. The maximum atomic E-state index is 13.4. The van der Waals surface area contributed by atoms with Gasteiger partial charge in [-0.3, -0.25) is 14.7 Å². The molecular formula is C26H23N7O3. The fraction of sp³-hybridized carbons (Fsp3) is 0.192. The molecular weight excluding hydrogens is 458 g/mol. The van der Waals surface area contributed by atoms with Crippen LogP contribution in [-0.4, -0.2) is 75.0 Å². The number of aromatic nitrogens is 5. The fourth-order valence-electron chi connectivity index (χ4n) is 4.83. The number of anilines is 1. The molecule has 180 valence electrons. The number of hydrogen-bond donors (Lipinski definition) is 2. The quantitative estimate of drug-likeness (QED) is 0.292. The maximum Gasteiger partial charge on any atom is 0.295 e. The van der Waals surface area contributed by atoms with E-state index in [9.17, 15) is 9.59 Å². The zero-order chi connectivity index (χ0) is 24.6. The Morgan fingerprint density at radius 3 is 2.61 bits per heavy atom. The van der Waals surface area contributed by atoms with Gasteiger partial charge < -0.3 is 19.5 Å². The average Bonchev–Trinajstić information content (AvgIpc) is 3.63. The van der Waals surface area contributed by atoms with Gasteiger partial charge in [-0.05, 0) is 23.6 Å². The molecule has 1 aliphatic rings. The molecule has 0 aliphatic carbocycles. The second-order valence-electron chi connectivity index (χ2n) is 8.57. The SMILES string of the molecule is COc1ccc(-c2ncn[nH]2)c2[nH]cc(C(=O)C(=O)N3CCN(c4nccc5ccccc45)CC3)c12. The van der Waals surface area contributed by atoms with E-state index in [1.54, 1.807) is 23.4 Å². The van der Waals surface area contributed by atoms with Gasteiger partial charge >= 0.3 is 0 Å². The van der Waals surface area contributed by atoms with Crippen LogP contribution in [0.5, 0.6) is 5.75 Å². The standard InChI is InChI=1S/C26H23N7O3/c1-36-20-7-6-18(24-29-15-30-31-24)22-21(20)19(14-28-22)23(34)26(35)33-12-10-32(11-13-33)25-17-5-3-2-4-16(17)8-9-27-25/h2-9,14-15,28H,10-13H2,1H3,(H,29,30,31). The number of nitrogens with one attached hydrogen (secondary N) is 2. The van der Waals surface area contributed by atoms with Gasteiger partial charge in [0.05, 0.1) is 23.6 Å². The Bertz CT molecular complexity index is 1580. The number of piperazine rings is 1. The van der Waals surface area contributed by atoms with Crippen molar-refractivity contribution < 1.29 is 14.3 Å². The van der Waals surface area contributed by atoms with Crippen molar-refractivity contribution in [1.29, 1.82) is 0 Å². The van der Waals surface area contributed by atoms with Gasteiger partial charge in [-0.15, -0.1) is 0 Å². The summed E-state index contributed by atoms with van der Waals surface area (Å²) in [6, 6.07) is 13.7. The summed E-state index contributed by atoms with van der Waals surface area (Å²) in [5, 5.41) is 9.48. The van der Waals surface area contributed by atoms with Gasteiger partial charge in [0, 0.05) is 49.5 Å². The van der Waals surface area contributed by atoms with Crippen LogP contribution >= 0.6 is 0 Å². The van der Waals surface area contributed by atoms with E-state index in [-0.39, 0.29) is 5.56 Å². The third-order valence-electron chi connectivity index (χ3n) is 6.65. The molecule has 0 unspecified atom stereocenters. The lowest BCUT2D eigenvalue weighted by molar-refractivity contribution is -0.126. The Morgan fingerprint density at radius 2 is 1.83 bits per heavy atom. The van der Waals surface area contributed by atoms with E-state index in [0.29, 0.717) is 48.7 Å². The van der Waals surface area contributed by atoms with Crippen LogP contribution in [0.25, 0.3) is 33.1 Å². The first-order chi connectivity index (χ1) is 17.7. The molecule has 0 atom stereocenters. The molecule has 2 N–H and O–H groups in total. The number of benzene rings is 2. The Balaban J connectivity index is 1.25. The molecule has 36 heavy (non-hydrogen) atoms. The first-order valence-corrected chi connectivity index (χ1v) is 11.6. The predicted molar refractivity (Wildman–Crippen MR) is 135 cm³/mol. The molecule has 3 aromatic heterocycles. The Labute approximate surface area is 205 Å². The van der Waals surface area contributed by atoms with Gasteiger partial charge in [0.15, 0.2) is 5.82 Å². The second kappa shape index (κ2) is 8.81. The summed E-state index contributed by atoms with van der Waals surface area (Å²) in [5.41, 5.74) is 1.64. The number of hydrogen-bond acceptors (Lipinski definition) is 7. The van der Waals surface area contributed by atoms with Crippen LogP contribution in [0, 0.1) is 0 Å². The summed E-state index contributed by atoms with van der Waals surface area (Å²) in [4.78, 5) is 42.3. The lowest BCUT2D eigenvalue weighted by Crippen LogP contribution is -2.50. The number of carbonyl (C=O) groups is 2. The molecule has 0 spiro atoms. The highest BCUT2D eigenvalue weighted by Crippen LogP contribution is 2.35. The highest BCUT2D eigenvalue weighted by molar-refractivity contribution is 6.45. The Morgan fingerprint density at radius 1 is 1.00 bits per heavy atom. The van der Waals surface area contributed by atoms with Gasteiger partial charge in [0.25, 0.3) is 11.7 Å². The van der Waals surface area contributed by atoms with Crippen molar-refractivity contribution in [3.8, 4) is 17.1 Å². The number of ketones is 1. The van der Waals surface area contributed by atoms with E-state index >= 15 is 0 Å². The first kappa shape index (κ1) is 21.8. The number of nitrogens with zero attached hydrogens (tertiary/aromatic N) is 5. The first-order valence-electron chi connectivity index (χ1n) is 11.6. The molecule has 1 amide bonds. The van der Waals surface area contributed by atoms with Crippen molar-refractivity contribution in [2.24, 2.45) is 0 Å².